The van der Waals surface area contributed by atoms with Gasteiger partial charge in [0.05, 0.1) is 17.3 Å². The van der Waals surface area contributed by atoms with Gasteiger partial charge in [-0.05, 0) is 31.2 Å². The summed E-state index contributed by atoms with van der Waals surface area (Å²) in [6.07, 6.45) is 0. The lowest BCUT2D eigenvalue weighted by Crippen LogP contribution is -1.99. The number of ether oxygens (including phenoxy) is 1. The molecule has 2 aromatic carbocycles. The molecule has 0 aliphatic carbocycles. The van der Waals surface area contributed by atoms with Gasteiger partial charge in [0, 0.05) is 18.2 Å². The van der Waals surface area contributed by atoms with Gasteiger partial charge in [-0.15, -0.1) is 5.10 Å². The summed E-state index contributed by atoms with van der Waals surface area (Å²) in [5.41, 5.74) is 2.52. The van der Waals surface area contributed by atoms with Crippen molar-refractivity contribution in [1.29, 1.82) is 5.26 Å². The molecule has 22 heavy (non-hydrogen) atoms. The molecule has 0 atom stereocenters. The van der Waals surface area contributed by atoms with Crippen LogP contribution in [-0.2, 0) is 6.54 Å². The number of benzene rings is 2. The summed E-state index contributed by atoms with van der Waals surface area (Å²) in [5.74, 6) is 1.30. The molecule has 4 nitrogen and oxygen atoms in total. The quantitative estimate of drug-likeness (QED) is 0.722. The van der Waals surface area contributed by atoms with E-state index in [4.69, 9.17) is 10.00 Å². The van der Waals surface area contributed by atoms with Gasteiger partial charge in [0.1, 0.15) is 5.75 Å². The predicted molar refractivity (Wildman–Crippen MR) is 84.6 cm³/mol. The van der Waals surface area contributed by atoms with Crippen molar-refractivity contribution in [3.63, 3.8) is 0 Å². The van der Waals surface area contributed by atoms with Crippen LogP contribution in [0, 0.1) is 11.3 Å². The summed E-state index contributed by atoms with van der Waals surface area (Å²) in [5, 5.41) is 13.5. The van der Waals surface area contributed by atoms with Gasteiger partial charge in [-0.3, -0.25) is 4.68 Å². The largest absolute Gasteiger partial charge is 0.438 e. The van der Waals surface area contributed by atoms with Gasteiger partial charge in [-0.2, -0.15) is 5.26 Å². The highest BCUT2D eigenvalue weighted by molar-refractivity contribution is 5.63. The molecular weight excluding hydrogens is 274 g/mol. The normalized spacial score (nSPS) is 10.2. The molecule has 0 saturated carbocycles. The third-order valence-electron chi connectivity index (χ3n) is 3.31. The summed E-state index contributed by atoms with van der Waals surface area (Å²) < 4.78 is 7.65. The molecule has 0 radical (unpaired) electrons. The van der Waals surface area contributed by atoms with Crippen LogP contribution in [0.1, 0.15) is 12.5 Å². The van der Waals surface area contributed by atoms with Gasteiger partial charge in [-0.25, -0.2) is 0 Å². The number of nitrogens with zero attached hydrogens (tertiary/aromatic N) is 3. The Hall–Kier alpha value is -3.06. The molecule has 4 heteroatoms. The van der Waals surface area contributed by atoms with Crippen molar-refractivity contribution in [3.8, 4) is 29.0 Å². The van der Waals surface area contributed by atoms with Crippen molar-refractivity contribution >= 4 is 0 Å². The van der Waals surface area contributed by atoms with Crippen LogP contribution >= 0.6 is 0 Å². The van der Waals surface area contributed by atoms with Crippen LogP contribution in [0.5, 0.6) is 11.6 Å². The van der Waals surface area contributed by atoms with E-state index in [2.05, 4.69) is 11.2 Å². The molecule has 1 heterocycles. The molecule has 3 aromatic rings. The second-order valence-electron chi connectivity index (χ2n) is 4.79. The second kappa shape index (κ2) is 6.15. The van der Waals surface area contributed by atoms with Gasteiger partial charge in [0.15, 0.2) is 0 Å². The van der Waals surface area contributed by atoms with Crippen molar-refractivity contribution in [2.45, 2.75) is 13.5 Å². The number of hydrogen-bond acceptors (Lipinski definition) is 3. The van der Waals surface area contributed by atoms with E-state index in [0.29, 0.717) is 11.4 Å². The SMILES string of the molecule is CCn1nc(Oc2ccccc2)cc1-c1cccc(C#N)c1. The number of hydrogen-bond donors (Lipinski definition) is 0. The lowest BCUT2D eigenvalue weighted by Gasteiger charge is -2.04. The second-order valence-corrected chi connectivity index (χ2v) is 4.79. The predicted octanol–water partition coefficient (Wildman–Crippen LogP) is 4.23. The zero-order valence-corrected chi connectivity index (χ0v) is 12.2. The van der Waals surface area contributed by atoms with E-state index in [1.807, 2.05) is 66.2 Å². The van der Waals surface area contributed by atoms with Crippen molar-refractivity contribution < 1.29 is 4.74 Å². The summed E-state index contributed by atoms with van der Waals surface area (Å²) in [6, 6.07) is 21.1. The fraction of sp³-hybridized carbons (Fsp3) is 0.111. The molecule has 0 fully saturated rings. The van der Waals surface area contributed by atoms with Gasteiger partial charge in [0.25, 0.3) is 0 Å². The maximum Gasteiger partial charge on any atom is 0.238 e. The van der Waals surface area contributed by atoms with Crippen molar-refractivity contribution in [3.05, 3.63) is 66.2 Å². The standard InChI is InChI=1S/C18H15N3O/c1-2-21-17(15-8-6-7-14(11-15)13-19)12-18(20-21)22-16-9-4-3-5-10-16/h3-12H,2H2,1H3. The first kappa shape index (κ1) is 13.9. The Morgan fingerprint density at radius 2 is 1.91 bits per heavy atom. The fourth-order valence-corrected chi connectivity index (χ4v) is 2.27. The van der Waals surface area contributed by atoms with Crippen molar-refractivity contribution in [2.24, 2.45) is 0 Å². The summed E-state index contributed by atoms with van der Waals surface area (Å²) in [6.45, 7) is 2.75. The number of rotatable bonds is 4. The van der Waals surface area contributed by atoms with E-state index in [9.17, 15) is 0 Å². The third kappa shape index (κ3) is 2.84. The highest BCUT2D eigenvalue weighted by Gasteiger charge is 2.11. The lowest BCUT2D eigenvalue weighted by atomic mass is 10.1. The van der Waals surface area contributed by atoms with E-state index in [1.54, 1.807) is 6.07 Å². The van der Waals surface area contributed by atoms with E-state index in [0.717, 1.165) is 23.6 Å². The fourth-order valence-electron chi connectivity index (χ4n) is 2.27. The zero-order chi connectivity index (χ0) is 15.4. The van der Waals surface area contributed by atoms with Gasteiger partial charge < -0.3 is 4.74 Å². The van der Waals surface area contributed by atoms with Crippen LogP contribution in [0.2, 0.25) is 0 Å². The first-order chi connectivity index (χ1) is 10.8. The molecule has 0 N–H and O–H groups in total. The summed E-state index contributed by atoms with van der Waals surface area (Å²) >= 11 is 0. The number of aryl methyl sites for hydroxylation is 1. The van der Waals surface area contributed by atoms with Crippen molar-refractivity contribution in [1.82, 2.24) is 9.78 Å². The molecule has 0 amide bonds. The Balaban J connectivity index is 1.96. The molecule has 108 valence electrons. The highest BCUT2D eigenvalue weighted by atomic mass is 16.5. The van der Waals surface area contributed by atoms with E-state index < -0.39 is 0 Å². The Labute approximate surface area is 129 Å². The number of para-hydroxylation sites is 1. The van der Waals surface area contributed by atoms with Gasteiger partial charge >= 0.3 is 0 Å². The molecule has 0 spiro atoms. The molecule has 1 aromatic heterocycles. The maximum absolute atomic E-state index is 9.04. The van der Waals surface area contributed by atoms with Crippen molar-refractivity contribution in [2.75, 3.05) is 0 Å². The van der Waals surface area contributed by atoms with E-state index >= 15 is 0 Å². The van der Waals surface area contributed by atoms with Crippen LogP contribution in [0.3, 0.4) is 0 Å². The minimum atomic E-state index is 0.547. The Morgan fingerprint density at radius 1 is 1.09 bits per heavy atom. The van der Waals surface area contributed by atoms with Crippen LogP contribution in [0.15, 0.2) is 60.7 Å². The monoisotopic (exact) mass is 289 g/mol. The Morgan fingerprint density at radius 3 is 2.64 bits per heavy atom. The lowest BCUT2D eigenvalue weighted by molar-refractivity contribution is 0.449. The summed E-state index contributed by atoms with van der Waals surface area (Å²) in [7, 11) is 0. The molecular formula is C18H15N3O. The zero-order valence-electron chi connectivity index (χ0n) is 12.2. The van der Waals surface area contributed by atoms with E-state index in [1.165, 1.54) is 0 Å². The number of aromatic nitrogens is 2. The average molecular weight is 289 g/mol. The first-order valence-electron chi connectivity index (χ1n) is 7.11. The Bertz CT molecular complexity index is 816. The first-order valence-corrected chi connectivity index (χ1v) is 7.11. The summed E-state index contributed by atoms with van der Waals surface area (Å²) in [4.78, 5) is 0. The molecule has 0 saturated heterocycles. The highest BCUT2D eigenvalue weighted by Crippen LogP contribution is 2.27. The third-order valence-corrected chi connectivity index (χ3v) is 3.31. The van der Waals surface area contributed by atoms with Gasteiger partial charge in [0.2, 0.25) is 5.88 Å². The molecule has 0 unspecified atom stereocenters. The van der Waals surface area contributed by atoms with Crippen LogP contribution in [0.25, 0.3) is 11.3 Å². The van der Waals surface area contributed by atoms with Crippen LogP contribution < -0.4 is 4.74 Å². The molecule has 0 aliphatic rings. The minimum Gasteiger partial charge on any atom is -0.438 e. The molecule has 0 aliphatic heterocycles. The molecule has 0 bridgehead atoms. The molecule has 3 rings (SSSR count). The number of nitriles is 1. The maximum atomic E-state index is 9.04. The van der Waals surface area contributed by atoms with Gasteiger partial charge in [-0.1, -0.05) is 30.3 Å². The van der Waals surface area contributed by atoms with Crippen LogP contribution in [0.4, 0.5) is 0 Å². The van der Waals surface area contributed by atoms with Crippen LogP contribution in [-0.4, -0.2) is 9.78 Å². The smallest absolute Gasteiger partial charge is 0.238 e. The topological polar surface area (TPSA) is 50.8 Å². The Kier molecular flexibility index (Phi) is 3.88. The van der Waals surface area contributed by atoms with E-state index in [-0.39, 0.29) is 0 Å². The average Bonchev–Trinajstić information content (AvgIpc) is 2.99. The minimum absolute atomic E-state index is 0.547.